The van der Waals surface area contributed by atoms with Crippen LogP contribution in [-0.4, -0.2) is 67.9 Å². The first kappa shape index (κ1) is 32.0. The predicted molar refractivity (Wildman–Crippen MR) is 161 cm³/mol. The minimum atomic E-state index is -3.52. The highest BCUT2D eigenvalue weighted by molar-refractivity contribution is 7.89. The lowest BCUT2D eigenvalue weighted by atomic mass is 9.98. The SMILES string of the molecule is C#Cc1cccc(C2(NCC(O)C3Cc4cc(ccc4F)OCCCCN(CCC)S(=O)(=O)CCCC(=O)N3)CC2)c1. The van der Waals surface area contributed by atoms with Crippen molar-refractivity contribution in [2.24, 2.45) is 0 Å². The maximum Gasteiger partial charge on any atom is 0.220 e. The maximum absolute atomic E-state index is 14.9. The molecular weight excluding hydrogens is 557 g/mol. The molecule has 3 N–H and O–H groups in total. The number of hydrogen-bond donors (Lipinski definition) is 3. The van der Waals surface area contributed by atoms with Crippen molar-refractivity contribution < 1.29 is 27.4 Å². The van der Waals surface area contributed by atoms with Crippen LogP contribution in [0.2, 0.25) is 0 Å². The van der Waals surface area contributed by atoms with Crippen LogP contribution in [0, 0.1) is 18.2 Å². The highest BCUT2D eigenvalue weighted by atomic mass is 32.2. The number of sulfonamides is 1. The van der Waals surface area contributed by atoms with E-state index in [9.17, 15) is 22.7 Å². The third-order valence-corrected chi connectivity index (χ3v) is 9.95. The Morgan fingerprint density at radius 2 is 2.05 bits per heavy atom. The van der Waals surface area contributed by atoms with Gasteiger partial charge in [-0.3, -0.25) is 4.79 Å². The molecule has 2 aromatic carbocycles. The van der Waals surface area contributed by atoms with E-state index in [1.54, 1.807) is 12.1 Å². The monoisotopic (exact) mass is 599 g/mol. The van der Waals surface area contributed by atoms with E-state index in [0.29, 0.717) is 50.3 Å². The second-order valence-corrected chi connectivity index (χ2v) is 13.3. The molecular formula is C32H42FN3O5S. The number of halogens is 1. The van der Waals surface area contributed by atoms with Crippen molar-refractivity contribution in [2.45, 2.75) is 76.0 Å². The van der Waals surface area contributed by atoms with Gasteiger partial charge >= 0.3 is 0 Å². The van der Waals surface area contributed by atoms with Crippen LogP contribution in [0.4, 0.5) is 4.39 Å². The first-order valence-corrected chi connectivity index (χ1v) is 16.5. The van der Waals surface area contributed by atoms with Crippen LogP contribution in [-0.2, 0) is 26.8 Å². The Bertz CT molecular complexity index is 1370. The summed E-state index contributed by atoms with van der Waals surface area (Å²) >= 11 is 0. The fourth-order valence-corrected chi connectivity index (χ4v) is 7.04. The number of nitrogens with one attached hydrogen (secondary N) is 2. The molecule has 8 nitrogen and oxygen atoms in total. The van der Waals surface area contributed by atoms with Crippen LogP contribution >= 0.6 is 0 Å². The lowest BCUT2D eigenvalue weighted by Gasteiger charge is -2.27. The summed E-state index contributed by atoms with van der Waals surface area (Å²) in [6.07, 6.45) is 8.42. The summed E-state index contributed by atoms with van der Waals surface area (Å²) in [7, 11) is -3.52. The number of amides is 1. The number of rotatable bonds is 7. The van der Waals surface area contributed by atoms with Crippen molar-refractivity contribution in [3.63, 3.8) is 0 Å². The van der Waals surface area contributed by atoms with Crippen LogP contribution < -0.4 is 15.4 Å². The first-order chi connectivity index (χ1) is 20.2. The van der Waals surface area contributed by atoms with E-state index >= 15 is 0 Å². The molecule has 2 unspecified atom stereocenters. The van der Waals surface area contributed by atoms with E-state index in [1.165, 1.54) is 10.4 Å². The van der Waals surface area contributed by atoms with Crippen molar-refractivity contribution >= 4 is 15.9 Å². The molecule has 2 bridgehead atoms. The summed E-state index contributed by atoms with van der Waals surface area (Å²) in [5.74, 6) is 2.15. The van der Waals surface area contributed by atoms with E-state index in [0.717, 1.165) is 24.0 Å². The second-order valence-electron chi connectivity index (χ2n) is 11.3. The fourth-order valence-electron chi connectivity index (χ4n) is 5.40. The minimum Gasteiger partial charge on any atom is -0.494 e. The Hall–Kier alpha value is -2.97. The third-order valence-electron chi connectivity index (χ3n) is 7.99. The number of ether oxygens (including phenoxy) is 1. The largest absolute Gasteiger partial charge is 0.494 e. The van der Waals surface area contributed by atoms with Gasteiger partial charge in [-0.25, -0.2) is 17.1 Å². The molecule has 4 rings (SSSR count). The van der Waals surface area contributed by atoms with Gasteiger partial charge in [0.1, 0.15) is 11.6 Å². The Kier molecular flexibility index (Phi) is 11.0. The predicted octanol–water partition coefficient (Wildman–Crippen LogP) is 3.47. The number of benzene rings is 2. The average Bonchev–Trinajstić information content (AvgIpc) is 3.77. The van der Waals surface area contributed by atoms with Gasteiger partial charge in [0, 0.05) is 37.2 Å². The smallest absolute Gasteiger partial charge is 0.220 e. The van der Waals surface area contributed by atoms with E-state index in [-0.39, 0.29) is 37.1 Å². The molecule has 42 heavy (non-hydrogen) atoms. The zero-order valence-electron chi connectivity index (χ0n) is 24.3. The van der Waals surface area contributed by atoms with Crippen LogP contribution in [0.15, 0.2) is 42.5 Å². The van der Waals surface area contributed by atoms with E-state index in [4.69, 9.17) is 11.2 Å². The summed E-state index contributed by atoms with van der Waals surface area (Å²) in [5.41, 5.74) is 1.82. The van der Waals surface area contributed by atoms with E-state index in [2.05, 4.69) is 16.6 Å². The molecule has 2 atom stereocenters. The highest BCUT2D eigenvalue weighted by Gasteiger charge is 2.44. The number of carbonyl (C=O) groups excluding carboxylic acids is 1. The fraction of sp³-hybridized carbons (Fsp3) is 0.531. The van der Waals surface area contributed by atoms with Gasteiger partial charge in [-0.05, 0) is 86.4 Å². The summed E-state index contributed by atoms with van der Waals surface area (Å²) in [4.78, 5) is 13.0. The number of nitrogens with zero attached hydrogens (tertiary/aromatic N) is 1. The van der Waals surface area contributed by atoms with E-state index in [1.807, 2.05) is 31.2 Å². The van der Waals surface area contributed by atoms with Crippen LogP contribution in [0.3, 0.4) is 0 Å². The van der Waals surface area contributed by atoms with Gasteiger partial charge in [0.2, 0.25) is 15.9 Å². The molecule has 2 aliphatic rings. The minimum absolute atomic E-state index is 0.0235. The molecule has 1 heterocycles. The van der Waals surface area contributed by atoms with Crippen LogP contribution in [0.25, 0.3) is 0 Å². The Balaban J connectivity index is 1.51. The van der Waals surface area contributed by atoms with E-state index < -0.39 is 33.9 Å². The molecule has 1 fully saturated rings. The van der Waals surface area contributed by atoms with Crippen molar-refractivity contribution in [3.05, 3.63) is 65.0 Å². The second kappa shape index (κ2) is 14.5. The number of hydrogen-bond acceptors (Lipinski definition) is 6. The lowest BCUT2D eigenvalue weighted by molar-refractivity contribution is -0.122. The van der Waals surface area contributed by atoms with Crippen molar-refractivity contribution in [1.29, 1.82) is 0 Å². The zero-order chi connectivity index (χ0) is 30.2. The van der Waals surface area contributed by atoms with Gasteiger partial charge in [-0.2, -0.15) is 0 Å². The summed E-state index contributed by atoms with van der Waals surface area (Å²) < 4.78 is 48.2. The third kappa shape index (κ3) is 8.54. The highest BCUT2D eigenvalue weighted by Crippen LogP contribution is 2.45. The first-order valence-electron chi connectivity index (χ1n) is 14.8. The maximum atomic E-state index is 14.9. The molecule has 1 saturated carbocycles. The molecule has 0 aromatic heterocycles. The Labute approximate surface area is 249 Å². The van der Waals surface area contributed by atoms with Crippen LogP contribution in [0.5, 0.6) is 5.75 Å². The average molecular weight is 600 g/mol. The number of carbonyl (C=O) groups is 1. The molecule has 228 valence electrons. The van der Waals surface area contributed by atoms with Gasteiger partial charge in [-0.1, -0.05) is 25.0 Å². The van der Waals surface area contributed by atoms with Crippen molar-refractivity contribution in [3.8, 4) is 18.1 Å². The van der Waals surface area contributed by atoms with Crippen molar-refractivity contribution in [2.75, 3.05) is 32.0 Å². The lowest BCUT2D eigenvalue weighted by Crippen LogP contribution is -2.50. The Morgan fingerprint density at radius 3 is 2.79 bits per heavy atom. The van der Waals surface area contributed by atoms with Gasteiger partial charge in [0.05, 0.1) is 24.5 Å². The molecule has 10 heteroatoms. The molecule has 1 aliphatic carbocycles. The van der Waals surface area contributed by atoms with Crippen LogP contribution in [0.1, 0.15) is 68.6 Å². The van der Waals surface area contributed by atoms with Gasteiger partial charge in [0.15, 0.2) is 0 Å². The van der Waals surface area contributed by atoms with Gasteiger partial charge < -0.3 is 20.5 Å². The molecule has 1 aliphatic heterocycles. The Morgan fingerprint density at radius 1 is 1.24 bits per heavy atom. The van der Waals surface area contributed by atoms with Gasteiger partial charge in [-0.15, -0.1) is 6.42 Å². The number of fused-ring (bicyclic) bond motifs is 2. The molecule has 1 amide bonds. The summed E-state index contributed by atoms with van der Waals surface area (Å²) in [6.45, 7) is 3.26. The van der Waals surface area contributed by atoms with Gasteiger partial charge in [0.25, 0.3) is 0 Å². The molecule has 0 saturated heterocycles. The molecule has 0 spiro atoms. The quantitative estimate of drug-likeness (QED) is 0.421. The zero-order valence-corrected chi connectivity index (χ0v) is 25.1. The summed E-state index contributed by atoms with van der Waals surface area (Å²) in [5, 5.41) is 17.6. The topological polar surface area (TPSA) is 108 Å². The number of terminal acetylenes is 1. The molecule has 0 radical (unpaired) electrons. The normalized spacial score (nSPS) is 22.1. The number of aliphatic hydroxyl groups is 1. The standard InChI is InChI=1S/C32H42FN3O5S/c1-3-16-36-17-5-6-18-41-27-12-13-28(33)25(21-27)22-29(35-31(38)11-8-19-42(36,39)40)30(37)23-34-32(14-15-32)26-10-7-9-24(4-2)20-26/h2,7,9-10,12-13,20-21,29-30,34,37H,3,5-6,8,11,14-19,22-23H2,1H3,(H,35,38). The molecule has 2 aromatic rings. The summed E-state index contributed by atoms with van der Waals surface area (Å²) in [6, 6.07) is 11.4. The van der Waals surface area contributed by atoms with Crippen molar-refractivity contribution in [1.82, 2.24) is 14.9 Å². The number of aliphatic hydroxyl groups excluding tert-OH is 1.